The van der Waals surface area contributed by atoms with Crippen molar-refractivity contribution in [1.29, 1.82) is 0 Å². The second-order valence-corrected chi connectivity index (χ2v) is 7.19. The third-order valence-electron chi connectivity index (χ3n) is 5.59. The van der Waals surface area contributed by atoms with E-state index in [1.807, 2.05) is 24.3 Å². The van der Waals surface area contributed by atoms with Crippen LogP contribution in [0.2, 0.25) is 0 Å². The van der Waals surface area contributed by atoms with Crippen molar-refractivity contribution in [2.24, 2.45) is 0 Å². The summed E-state index contributed by atoms with van der Waals surface area (Å²) in [4.78, 5) is 21.5. The van der Waals surface area contributed by atoms with Crippen molar-refractivity contribution in [3.8, 4) is 0 Å². The van der Waals surface area contributed by atoms with Gasteiger partial charge in [0.25, 0.3) is 5.91 Å². The molecule has 0 radical (unpaired) electrons. The van der Waals surface area contributed by atoms with E-state index in [1.165, 1.54) is 19.2 Å². The number of nitrogens with zero attached hydrogens (tertiary/aromatic N) is 5. The second kappa shape index (κ2) is 6.96. The first-order valence-corrected chi connectivity index (χ1v) is 9.15. The molecule has 2 atom stereocenters. The summed E-state index contributed by atoms with van der Waals surface area (Å²) in [5.74, 6) is 0.176. The summed E-state index contributed by atoms with van der Waals surface area (Å²) < 4.78 is 1.78. The van der Waals surface area contributed by atoms with Crippen LogP contribution in [0, 0.1) is 0 Å². The minimum atomic E-state index is 0.176. The Hall–Kier alpha value is -2.21. The number of hydrogen-bond donors (Lipinski definition) is 0. The lowest BCUT2D eigenvalue weighted by Gasteiger charge is -2.33. The molecule has 0 aliphatic carbocycles. The topological polar surface area (TPSA) is 54.3 Å². The highest BCUT2D eigenvalue weighted by atomic mass is 16.2. The minimum Gasteiger partial charge on any atom is -0.334 e. The van der Waals surface area contributed by atoms with Crippen LogP contribution in [0.25, 0.3) is 0 Å². The number of carbonyl (C=O) groups is 1. The first-order valence-electron chi connectivity index (χ1n) is 9.15. The highest BCUT2D eigenvalue weighted by Crippen LogP contribution is 2.30. The van der Waals surface area contributed by atoms with Crippen LogP contribution < -0.4 is 0 Å². The largest absolute Gasteiger partial charge is 0.334 e. The Morgan fingerprint density at radius 1 is 1.12 bits per heavy atom. The molecular weight excluding hydrogens is 314 g/mol. The molecule has 1 aromatic carbocycles. The van der Waals surface area contributed by atoms with Gasteiger partial charge < -0.3 is 9.80 Å². The fraction of sp³-hybridized carbons (Fsp3) is 0.526. The van der Waals surface area contributed by atoms with Crippen LogP contribution in [0.3, 0.4) is 0 Å². The third kappa shape index (κ3) is 3.31. The molecule has 2 aliphatic rings. The molecule has 0 spiro atoms. The molecule has 0 N–H and O–H groups in total. The van der Waals surface area contributed by atoms with Crippen molar-refractivity contribution in [3.05, 3.63) is 48.0 Å². The zero-order valence-electron chi connectivity index (χ0n) is 14.7. The molecule has 1 amide bonds. The highest BCUT2D eigenvalue weighted by molar-refractivity contribution is 5.94. The quantitative estimate of drug-likeness (QED) is 0.855. The molecular formula is C19H25N5O. The maximum Gasteiger partial charge on any atom is 0.254 e. The summed E-state index contributed by atoms with van der Waals surface area (Å²) >= 11 is 0. The van der Waals surface area contributed by atoms with E-state index in [1.54, 1.807) is 11.0 Å². The minimum absolute atomic E-state index is 0.176. The summed E-state index contributed by atoms with van der Waals surface area (Å²) in [5.41, 5.74) is 1.91. The van der Waals surface area contributed by atoms with Gasteiger partial charge in [0.15, 0.2) is 0 Å². The van der Waals surface area contributed by atoms with Gasteiger partial charge in [-0.1, -0.05) is 12.1 Å². The number of likely N-dealkylation sites (N-methyl/N-ethyl adjacent to an activating group) is 1. The summed E-state index contributed by atoms with van der Waals surface area (Å²) in [6.45, 7) is 2.71. The first-order chi connectivity index (χ1) is 12.2. The third-order valence-corrected chi connectivity index (χ3v) is 5.59. The second-order valence-electron chi connectivity index (χ2n) is 7.19. The van der Waals surface area contributed by atoms with Gasteiger partial charge in [0.05, 0.1) is 6.54 Å². The van der Waals surface area contributed by atoms with Crippen LogP contribution in [0.5, 0.6) is 0 Å². The molecule has 6 nitrogen and oxygen atoms in total. The van der Waals surface area contributed by atoms with Crippen LogP contribution in [0.15, 0.2) is 36.9 Å². The summed E-state index contributed by atoms with van der Waals surface area (Å²) in [6, 6.07) is 8.82. The lowest BCUT2D eigenvalue weighted by atomic mass is 10.0. The fourth-order valence-electron chi connectivity index (χ4n) is 4.29. The molecule has 2 saturated heterocycles. The van der Waals surface area contributed by atoms with E-state index in [9.17, 15) is 4.79 Å². The Kier molecular flexibility index (Phi) is 4.53. The smallest absolute Gasteiger partial charge is 0.254 e. The predicted molar refractivity (Wildman–Crippen MR) is 95.3 cm³/mol. The van der Waals surface area contributed by atoms with Crippen LogP contribution in [0.1, 0.15) is 41.6 Å². The molecule has 6 heteroatoms. The standard InChI is InChI=1S/C19H25N5O/c1-22-10-2-4-17(22)18-5-3-11-24(18)19(25)16-8-6-15(7-9-16)12-23-14-20-13-21-23/h6-9,13-14,17-18H,2-5,10-12H2,1H3. The van der Waals surface area contributed by atoms with E-state index >= 15 is 0 Å². The maximum absolute atomic E-state index is 13.0. The number of carbonyl (C=O) groups excluding carboxylic acids is 1. The Labute approximate surface area is 148 Å². The SMILES string of the molecule is CN1CCCC1C1CCCN1C(=O)c1ccc(Cn2cncn2)cc1. The summed E-state index contributed by atoms with van der Waals surface area (Å²) in [5, 5.41) is 4.12. The van der Waals surface area contributed by atoms with Crippen molar-refractivity contribution in [1.82, 2.24) is 24.6 Å². The molecule has 0 bridgehead atoms. The van der Waals surface area contributed by atoms with Gasteiger partial charge in [-0.3, -0.25) is 4.79 Å². The molecule has 4 rings (SSSR count). The van der Waals surface area contributed by atoms with E-state index in [4.69, 9.17) is 0 Å². The molecule has 2 unspecified atom stereocenters. The van der Waals surface area contributed by atoms with Gasteiger partial charge in [-0.05, 0) is 57.0 Å². The first kappa shape index (κ1) is 16.3. The van der Waals surface area contributed by atoms with Crippen molar-refractivity contribution >= 4 is 5.91 Å². The van der Waals surface area contributed by atoms with Gasteiger partial charge in [0.2, 0.25) is 0 Å². The molecule has 1 aromatic heterocycles. The average Bonchev–Trinajstić information content (AvgIpc) is 3.36. The van der Waals surface area contributed by atoms with Crippen LogP contribution in [0.4, 0.5) is 0 Å². The number of hydrogen-bond acceptors (Lipinski definition) is 4. The Morgan fingerprint density at radius 3 is 2.56 bits per heavy atom. The average molecular weight is 339 g/mol. The maximum atomic E-state index is 13.0. The van der Waals surface area contributed by atoms with Gasteiger partial charge in [-0.2, -0.15) is 5.10 Å². The molecule has 2 aliphatic heterocycles. The van der Waals surface area contributed by atoms with Crippen molar-refractivity contribution in [2.45, 2.75) is 44.3 Å². The van der Waals surface area contributed by atoms with Gasteiger partial charge in [-0.25, -0.2) is 9.67 Å². The zero-order valence-corrected chi connectivity index (χ0v) is 14.7. The normalized spacial score (nSPS) is 24.1. The zero-order chi connectivity index (χ0) is 17.2. The van der Waals surface area contributed by atoms with Gasteiger partial charge in [-0.15, -0.1) is 0 Å². The van der Waals surface area contributed by atoms with E-state index in [0.29, 0.717) is 18.6 Å². The van der Waals surface area contributed by atoms with Crippen molar-refractivity contribution in [3.63, 3.8) is 0 Å². The van der Waals surface area contributed by atoms with Crippen molar-refractivity contribution < 1.29 is 4.79 Å². The van der Waals surface area contributed by atoms with Gasteiger partial charge in [0.1, 0.15) is 12.7 Å². The number of rotatable bonds is 4. The Bertz CT molecular complexity index is 712. The van der Waals surface area contributed by atoms with Crippen LogP contribution in [-0.4, -0.2) is 62.7 Å². The van der Waals surface area contributed by atoms with E-state index in [0.717, 1.165) is 37.1 Å². The lowest BCUT2D eigenvalue weighted by molar-refractivity contribution is 0.0664. The molecule has 132 valence electrons. The molecule has 3 heterocycles. The predicted octanol–water partition coefficient (Wildman–Crippen LogP) is 2.03. The summed E-state index contributed by atoms with van der Waals surface area (Å²) in [7, 11) is 2.19. The summed E-state index contributed by atoms with van der Waals surface area (Å²) in [6.07, 6.45) is 7.94. The monoisotopic (exact) mass is 339 g/mol. The van der Waals surface area contributed by atoms with Gasteiger partial charge >= 0.3 is 0 Å². The Balaban J connectivity index is 1.46. The van der Waals surface area contributed by atoms with Crippen LogP contribution >= 0.6 is 0 Å². The fourth-order valence-corrected chi connectivity index (χ4v) is 4.29. The Morgan fingerprint density at radius 2 is 1.88 bits per heavy atom. The lowest BCUT2D eigenvalue weighted by Crippen LogP contribution is -2.47. The number of aromatic nitrogens is 3. The van der Waals surface area contributed by atoms with E-state index < -0.39 is 0 Å². The number of likely N-dealkylation sites (tertiary alicyclic amines) is 2. The van der Waals surface area contributed by atoms with Crippen LogP contribution in [-0.2, 0) is 6.54 Å². The molecule has 0 saturated carbocycles. The molecule has 2 aromatic rings. The van der Waals surface area contributed by atoms with E-state index in [2.05, 4.69) is 26.9 Å². The molecule has 2 fully saturated rings. The highest BCUT2D eigenvalue weighted by Gasteiger charge is 2.38. The van der Waals surface area contributed by atoms with Crippen molar-refractivity contribution in [2.75, 3.05) is 20.1 Å². The number of benzene rings is 1. The van der Waals surface area contributed by atoms with Gasteiger partial charge in [0, 0.05) is 24.2 Å². The van der Waals surface area contributed by atoms with E-state index in [-0.39, 0.29) is 5.91 Å². The molecule has 25 heavy (non-hydrogen) atoms. The number of amides is 1.